The molecular formula is C14H17N5. The molecule has 0 amide bonds. The van der Waals surface area contributed by atoms with E-state index in [1.54, 1.807) is 6.33 Å². The minimum absolute atomic E-state index is 0.699. The molecule has 5 heteroatoms. The quantitative estimate of drug-likeness (QED) is 0.834. The second-order valence-electron chi connectivity index (χ2n) is 5.61. The van der Waals surface area contributed by atoms with Crippen molar-refractivity contribution in [3.05, 3.63) is 36.8 Å². The van der Waals surface area contributed by atoms with Crippen LogP contribution >= 0.6 is 0 Å². The van der Waals surface area contributed by atoms with Crippen molar-refractivity contribution in [2.75, 3.05) is 18.0 Å². The number of hydrogen-bond acceptors (Lipinski definition) is 4. The Morgan fingerprint density at radius 2 is 2.11 bits per heavy atom. The van der Waals surface area contributed by atoms with Crippen molar-refractivity contribution < 1.29 is 0 Å². The maximum atomic E-state index is 4.40. The van der Waals surface area contributed by atoms with Crippen LogP contribution in [-0.4, -0.2) is 32.6 Å². The molecule has 0 N–H and O–H groups in total. The Balaban J connectivity index is 1.38. The third-order valence-corrected chi connectivity index (χ3v) is 3.98. The molecule has 2 fully saturated rings. The Morgan fingerprint density at radius 3 is 2.84 bits per heavy atom. The topological polar surface area (TPSA) is 46.8 Å². The van der Waals surface area contributed by atoms with Gasteiger partial charge in [0.2, 0.25) is 0 Å². The highest BCUT2D eigenvalue weighted by atomic mass is 15.3. The molecule has 0 atom stereocenters. The summed E-state index contributed by atoms with van der Waals surface area (Å²) in [6.07, 6.45) is 10.0. The summed E-state index contributed by atoms with van der Waals surface area (Å²) in [6, 6.07) is 2.17. The van der Waals surface area contributed by atoms with Gasteiger partial charge in [-0.3, -0.25) is 0 Å². The van der Waals surface area contributed by atoms with Crippen LogP contribution in [0.15, 0.2) is 31.1 Å². The zero-order valence-corrected chi connectivity index (χ0v) is 10.8. The Bertz CT molecular complexity index is 555. The first-order valence-electron chi connectivity index (χ1n) is 6.91. The highest BCUT2D eigenvalue weighted by molar-refractivity contribution is 5.43. The average molecular weight is 255 g/mol. The maximum Gasteiger partial charge on any atom is 0.132 e. The Hall–Kier alpha value is -1.91. The molecule has 0 bridgehead atoms. The Kier molecular flexibility index (Phi) is 2.50. The van der Waals surface area contributed by atoms with E-state index in [0.717, 1.165) is 25.5 Å². The van der Waals surface area contributed by atoms with E-state index in [2.05, 4.69) is 30.5 Å². The van der Waals surface area contributed by atoms with Crippen molar-refractivity contribution in [1.29, 1.82) is 0 Å². The molecule has 0 aromatic carbocycles. The van der Waals surface area contributed by atoms with Crippen LogP contribution in [-0.2, 0) is 6.54 Å². The SMILES string of the molecule is c1cn(CC2CN(c3cc(C4CC4)ncn3)C2)cn1. The van der Waals surface area contributed by atoms with Gasteiger partial charge < -0.3 is 9.47 Å². The van der Waals surface area contributed by atoms with Gasteiger partial charge in [-0.05, 0) is 12.8 Å². The summed E-state index contributed by atoms with van der Waals surface area (Å²) in [5.41, 5.74) is 1.23. The smallest absolute Gasteiger partial charge is 0.132 e. The highest BCUT2D eigenvalue weighted by Crippen LogP contribution is 2.39. The third-order valence-electron chi connectivity index (χ3n) is 3.98. The van der Waals surface area contributed by atoms with Crippen molar-refractivity contribution in [1.82, 2.24) is 19.5 Å². The van der Waals surface area contributed by atoms with Gasteiger partial charge in [0.05, 0.1) is 6.33 Å². The fourth-order valence-electron chi connectivity index (χ4n) is 2.70. The summed E-state index contributed by atoms with van der Waals surface area (Å²) >= 11 is 0. The molecule has 4 rings (SSSR count). The summed E-state index contributed by atoms with van der Waals surface area (Å²) in [4.78, 5) is 15.2. The third kappa shape index (κ3) is 2.20. The van der Waals surface area contributed by atoms with Crippen LogP contribution in [0, 0.1) is 5.92 Å². The lowest BCUT2D eigenvalue weighted by atomic mass is 10.00. The molecule has 2 aromatic rings. The van der Waals surface area contributed by atoms with E-state index in [0.29, 0.717) is 11.8 Å². The Labute approximate surface area is 112 Å². The summed E-state index contributed by atoms with van der Waals surface area (Å²) in [5, 5.41) is 0. The van der Waals surface area contributed by atoms with Crippen LogP contribution in [0.4, 0.5) is 5.82 Å². The van der Waals surface area contributed by atoms with Gasteiger partial charge in [-0.2, -0.15) is 0 Å². The molecular weight excluding hydrogens is 238 g/mol. The molecule has 5 nitrogen and oxygen atoms in total. The first kappa shape index (κ1) is 11.0. The number of anilines is 1. The fraction of sp³-hybridized carbons (Fsp3) is 0.500. The number of hydrogen-bond donors (Lipinski definition) is 0. The lowest BCUT2D eigenvalue weighted by Gasteiger charge is -2.40. The first-order valence-corrected chi connectivity index (χ1v) is 6.91. The molecule has 0 unspecified atom stereocenters. The van der Waals surface area contributed by atoms with Crippen LogP contribution in [0.1, 0.15) is 24.5 Å². The number of aromatic nitrogens is 4. The van der Waals surface area contributed by atoms with Crippen molar-refractivity contribution >= 4 is 5.82 Å². The van der Waals surface area contributed by atoms with Gasteiger partial charge in [0, 0.05) is 55.6 Å². The normalized spacial score (nSPS) is 19.5. The van der Waals surface area contributed by atoms with Gasteiger partial charge in [-0.1, -0.05) is 0 Å². The zero-order valence-electron chi connectivity index (χ0n) is 10.8. The monoisotopic (exact) mass is 255 g/mol. The molecule has 0 radical (unpaired) electrons. The van der Waals surface area contributed by atoms with Gasteiger partial charge in [-0.15, -0.1) is 0 Å². The van der Waals surface area contributed by atoms with E-state index in [4.69, 9.17) is 0 Å². The van der Waals surface area contributed by atoms with Crippen molar-refractivity contribution in [3.8, 4) is 0 Å². The van der Waals surface area contributed by atoms with Gasteiger partial charge in [0.25, 0.3) is 0 Å². The predicted molar refractivity (Wildman–Crippen MR) is 71.9 cm³/mol. The zero-order chi connectivity index (χ0) is 12.7. The number of rotatable bonds is 4. The van der Waals surface area contributed by atoms with Crippen LogP contribution in [0.3, 0.4) is 0 Å². The predicted octanol–water partition coefficient (Wildman–Crippen LogP) is 1.69. The summed E-state index contributed by atoms with van der Waals surface area (Å²) < 4.78 is 2.15. The van der Waals surface area contributed by atoms with Gasteiger partial charge in [-0.25, -0.2) is 15.0 Å². The van der Waals surface area contributed by atoms with Gasteiger partial charge >= 0.3 is 0 Å². The minimum atomic E-state index is 0.699. The van der Waals surface area contributed by atoms with E-state index < -0.39 is 0 Å². The maximum absolute atomic E-state index is 4.40. The highest BCUT2D eigenvalue weighted by Gasteiger charge is 2.30. The average Bonchev–Trinajstić information content (AvgIpc) is 3.12. The molecule has 19 heavy (non-hydrogen) atoms. The second kappa shape index (κ2) is 4.33. The number of imidazole rings is 1. The van der Waals surface area contributed by atoms with Gasteiger partial charge in [0.1, 0.15) is 12.1 Å². The van der Waals surface area contributed by atoms with Crippen LogP contribution in [0.25, 0.3) is 0 Å². The van der Waals surface area contributed by atoms with Crippen LogP contribution in [0.5, 0.6) is 0 Å². The van der Waals surface area contributed by atoms with E-state index in [9.17, 15) is 0 Å². The van der Waals surface area contributed by atoms with E-state index >= 15 is 0 Å². The lowest BCUT2D eigenvalue weighted by molar-refractivity contribution is 0.355. The van der Waals surface area contributed by atoms with Crippen molar-refractivity contribution in [2.45, 2.75) is 25.3 Å². The second-order valence-corrected chi connectivity index (χ2v) is 5.61. The van der Waals surface area contributed by atoms with Crippen molar-refractivity contribution in [3.63, 3.8) is 0 Å². The molecule has 0 spiro atoms. The van der Waals surface area contributed by atoms with Crippen LogP contribution in [0.2, 0.25) is 0 Å². The Morgan fingerprint density at radius 1 is 1.21 bits per heavy atom. The molecule has 1 saturated heterocycles. The standard InChI is InChI=1S/C14H17N5/c1-2-12(1)13-5-14(17-9-16-13)19-7-11(8-19)6-18-4-3-15-10-18/h3-5,9-12H,1-2,6-8H2. The van der Waals surface area contributed by atoms with Crippen molar-refractivity contribution in [2.24, 2.45) is 5.92 Å². The lowest BCUT2D eigenvalue weighted by Crippen LogP contribution is -2.48. The van der Waals surface area contributed by atoms with E-state index in [1.807, 2.05) is 18.7 Å². The van der Waals surface area contributed by atoms with E-state index in [1.165, 1.54) is 18.5 Å². The minimum Gasteiger partial charge on any atom is -0.356 e. The molecule has 98 valence electrons. The molecule has 2 aliphatic rings. The van der Waals surface area contributed by atoms with Crippen LogP contribution < -0.4 is 4.90 Å². The largest absolute Gasteiger partial charge is 0.356 e. The molecule has 3 heterocycles. The summed E-state index contributed by atoms with van der Waals surface area (Å²) in [5.74, 6) is 2.50. The molecule has 1 aliphatic heterocycles. The molecule has 1 saturated carbocycles. The number of nitrogens with zero attached hydrogens (tertiary/aromatic N) is 5. The molecule has 2 aromatic heterocycles. The van der Waals surface area contributed by atoms with E-state index in [-0.39, 0.29) is 0 Å². The van der Waals surface area contributed by atoms with Gasteiger partial charge in [0.15, 0.2) is 0 Å². The summed E-state index contributed by atoms with van der Waals surface area (Å²) in [7, 11) is 0. The fourth-order valence-corrected chi connectivity index (χ4v) is 2.70. The summed E-state index contributed by atoms with van der Waals surface area (Å²) in [6.45, 7) is 3.22. The molecule has 1 aliphatic carbocycles. The first-order chi connectivity index (χ1) is 9.38.